The molecule has 1 saturated carbocycles. The Balaban J connectivity index is 1.82. The van der Waals surface area contributed by atoms with Gasteiger partial charge in [-0.3, -0.25) is 4.79 Å². The summed E-state index contributed by atoms with van der Waals surface area (Å²) >= 11 is 0. The van der Waals surface area contributed by atoms with Gasteiger partial charge in [-0.25, -0.2) is 0 Å². The summed E-state index contributed by atoms with van der Waals surface area (Å²) in [5.74, 6) is 0.387. The molecule has 0 heterocycles. The molecule has 0 saturated heterocycles. The number of aliphatic hydroxyl groups excluding tert-OH is 2. The number of aliphatic hydroxyl groups is 2. The molecule has 0 spiro atoms. The van der Waals surface area contributed by atoms with E-state index in [0.29, 0.717) is 18.6 Å². The van der Waals surface area contributed by atoms with Crippen LogP contribution in [0.4, 0.5) is 0 Å². The summed E-state index contributed by atoms with van der Waals surface area (Å²) in [5, 5.41) is 22.1. The highest BCUT2D eigenvalue weighted by atomic mass is 16.5. The number of hydrogen-bond donors (Lipinski definition) is 3. The number of hydrogen-bond acceptors (Lipinski definition) is 4. The van der Waals surface area contributed by atoms with Crippen LogP contribution in [-0.4, -0.2) is 41.0 Å². The molecule has 0 aromatic heterocycles. The quantitative estimate of drug-likeness (QED) is 0.760. The highest BCUT2D eigenvalue weighted by Gasteiger charge is 2.31. The molecule has 0 bridgehead atoms. The zero-order valence-corrected chi connectivity index (χ0v) is 11.6. The van der Waals surface area contributed by atoms with Gasteiger partial charge in [0.2, 0.25) is 0 Å². The van der Waals surface area contributed by atoms with Crippen molar-refractivity contribution < 1.29 is 19.7 Å². The fourth-order valence-corrected chi connectivity index (χ4v) is 2.42. The molecular weight excluding hydrogens is 258 g/mol. The minimum atomic E-state index is -0.897. The minimum absolute atomic E-state index is 0.0931. The predicted molar refractivity (Wildman–Crippen MR) is 74.5 cm³/mol. The van der Waals surface area contributed by atoms with Gasteiger partial charge in [0, 0.05) is 0 Å². The van der Waals surface area contributed by atoms with Gasteiger partial charge >= 0.3 is 0 Å². The van der Waals surface area contributed by atoms with Crippen molar-refractivity contribution in [3.63, 3.8) is 0 Å². The number of aryl methyl sites for hydroxylation is 1. The van der Waals surface area contributed by atoms with E-state index in [1.807, 2.05) is 31.2 Å². The van der Waals surface area contributed by atoms with Crippen LogP contribution < -0.4 is 10.1 Å². The van der Waals surface area contributed by atoms with E-state index < -0.39 is 18.2 Å². The molecule has 5 nitrogen and oxygen atoms in total. The first kappa shape index (κ1) is 14.8. The van der Waals surface area contributed by atoms with E-state index in [9.17, 15) is 15.0 Å². The first-order valence-corrected chi connectivity index (χ1v) is 6.92. The Morgan fingerprint density at radius 2 is 2.10 bits per heavy atom. The van der Waals surface area contributed by atoms with E-state index in [-0.39, 0.29) is 12.5 Å². The van der Waals surface area contributed by atoms with Crippen molar-refractivity contribution in [3.05, 3.63) is 29.8 Å². The molecule has 1 fully saturated rings. The van der Waals surface area contributed by atoms with Crippen molar-refractivity contribution >= 4 is 5.91 Å². The number of rotatable bonds is 4. The van der Waals surface area contributed by atoms with Gasteiger partial charge in [-0.15, -0.1) is 0 Å². The van der Waals surface area contributed by atoms with Crippen molar-refractivity contribution in [1.82, 2.24) is 5.32 Å². The topological polar surface area (TPSA) is 78.8 Å². The second-order valence-electron chi connectivity index (χ2n) is 5.22. The SMILES string of the molecule is Cc1ccccc1OCC(=O)N[C@@H]1CCC[C@@H](O)[C@@H]1O. The normalized spacial score (nSPS) is 26.1. The maximum atomic E-state index is 11.8. The lowest BCUT2D eigenvalue weighted by Crippen LogP contribution is -2.51. The third-order valence-corrected chi connectivity index (χ3v) is 3.62. The molecule has 1 aliphatic rings. The van der Waals surface area contributed by atoms with Gasteiger partial charge in [0.1, 0.15) is 5.75 Å². The average molecular weight is 279 g/mol. The fourth-order valence-electron chi connectivity index (χ4n) is 2.42. The van der Waals surface area contributed by atoms with Gasteiger partial charge in [-0.05, 0) is 37.8 Å². The molecule has 0 unspecified atom stereocenters. The number of amides is 1. The first-order chi connectivity index (χ1) is 9.58. The summed E-state index contributed by atoms with van der Waals surface area (Å²) < 4.78 is 5.45. The molecule has 110 valence electrons. The van der Waals surface area contributed by atoms with Crippen molar-refractivity contribution in [3.8, 4) is 5.75 Å². The van der Waals surface area contributed by atoms with E-state index >= 15 is 0 Å². The van der Waals surface area contributed by atoms with Crippen LogP contribution in [0.2, 0.25) is 0 Å². The Hall–Kier alpha value is -1.59. The van der Waals surface area contributed by atoms with E-state index in [0.717, 1.165) is 12.0 Å². The lowest BCUT2D eigenvalue weighted by atomic mass is 9.90. The summed E-state index contributed by atoms with van der Waals surface area (Å²) in [7, 11) is 0. The van der Waals surface area contributed by atoms with Crippen LogP contribution in [0.25, 0.3) is 0 Å². The number of carbonyl (C=O) groups is 1. The molecule has 1 amide bonds. The molecule has 3 atom stereocenters. The number of ether oxygens (including phenoxy) is 1. The lowest BCUT2D eigenvalue weighted by molar-refractivity contribution is -0.126. The maximum absolute atomic E-state index is 11.8. The Morgan fingerprint density at radius 3 is 2.85 bits per heavy atom. The third kappa shape index (κ3) is 3.71. The summed E-state index contributed by atoms with van der Waals surface area (Å²) in [6.07, 6.45) is 0.390. The van der Waals surface area contributed by atoms with Crippen molar-refractivity contribution in [2.24, 2.45) is 0 Å². The van der Waals surface area contributed by atoms with E-state index in [1.165, 1.54) is 0 Å². The molecule has 3 N–H and O–H groups in total. The lowest BCUT2D eigenvalue weighted by Gasteiger charge is -2.32. The van der Waals surface area contributed by atoms with E-state index in [1.54, 1.807) is 0 Å². The Labute approximate surface area is 118 Å². The number of para-hydroxylation sites is 1. The zero-order chi connectivity index (χ0) is 14.5. The van der Waals surface area contributed by atoms with Crippen LogP contribution in [0.15, 0.2) is 24.3 Å². The Morgan fingerprint density at radius 1 is 1.35 bits per heavy atom. The third-order valence-electron chi connectivity index (χ3n) is 3.62. The second-order valence-corrected chi connectivity index (χ2v) is 5.22. The van der Waals surface area contributed by atoms with E-state index in [2.05, 4.69) is 5.32 Å². The summed E-state index contributed by atoms with van der Waals surface area (Å²) in [5.41, 5.74) is 0.966. The first-order valence-electron chi connectivity index (χ1n) is 6.92. The molecule has 20 heavy (non-hydrogen) atoms. The van der Waals surface area contributed by atoms with Gasteiger partial charge < -0.3 is 20.3 Å². The minimum Gasteiger partial charge on any atom is -0.484 e. The monoisotopic (exact) mass is 279 g/mol. The molecule has 0 radical (unpaired) electrons. The maximum Gasteiger partial charge on any atom is 0.258 e. The molecule has 5 heteroatoms. The summed E-state index contributed by atoms with van der Waals surface area (Å²) in [6.45, 7) is 1.82. The number of nitrogens with one attached hydrogen (secondary N) is 1. The van der Waals surface area contributed by atoms with Crippen LogP contribution in [0.3, 0.4) is 0 Å². The standard InChI is InChI=1S/C15H21NO4/c1-10-5-2-3-8-13(10)20-9-14(18)16-11-6-4-7-12(17)15(11)19/h2-3,5,8,11-12,15,17,19H,4,6-7,9H2,1H3,(H,16,18)/t11-,12-,15-/m1/s1. The summed E-state index contributed by atoms with van der Waals surface area (Å²) in [6, 6.07) is 7.08. The molecule has 2 rings (SSSR count). The predicted octanol–water partition coefficient (Wildman–Crippen LogP) is 0.764. The Bertz CT molecular complexity index is 463. The smallest absolute Gasteiger partial charge is 0.258 e. The number of carbonyl (C=O) groups excluding carboxylic acids is 1. The van der Waals surface area contributed by atoms with Gasteiger partial charge in [0.15, 0.2) is 6.61 Å². The van der Waals surface area contributed by atoms with Crippen LogP contribution in [-0.2, 0) is 4.79 Å². The van der Waals surface area contributed by atoms with Crippen LogP contribution in [0, 0.1) is 6.92 Å². The van der Waals surface area contributed by atoms with Gasteiger partial charge in [0.05, 0.1) is 18.2 Å². The molecular formula is C15H21NO4. The molecule has 1 aromatic rings. The molecule has 1 aliphatic carbocycles. The van der Waals surface area contributed by atoms with Crippen molar-refractivity contribution in [1.29, 1.82) is 0 Å². The van der Waals surface area contributed by atoms with Crippen molar-refractivity contribution in [2.75, 3.05) is 6.61 Å². The van der Waals surface area contributed by atoms with Crippen LogP contribution in [0.5, 0.6) is 5.75 Å². The largest absolute Gasteiger partial charge is 0.484 e. The van der Waals surface area contributed by atoms with Gasteiger partial charge in [-0.2, -0.15) is 0 Å². The Kier molecular flexibility index (Phi) is 4.98. The number of benzene rings is 1. The zero-order valence-electron chi connectivity index (χ0n) is 11.6. The summed E-state index contributed by atoms with van der Waals surface area (Å²) in [4.78, 5) is 11.8. The van der Waals surface area contributed by atoms with Gasteiger partial charge in [-0.1, -0.05) is 18.2 Å². The molecule has 0 aliphatic heterocycles. The van der Waals surface area contributed by atoms with Crippen LogP contribution >= 0.6 is 0 Å². The second kappa shape index (κ2) is 6.72. The van der Waals surface area contributed by atoms with Gasteiger partial charge in [0.25, 0.3) is 5.91 Å². The highest BCUT2D eigenvalue weighted by Crippen LogP contribution is 2.19. The molecule has 1 aromatic carbocycles. The fraction of sp³-hybridized carbons (Fsp3) is 0.533. The highest BCUT2D eigenvalue weighted by molar-refractivity contribution is 5.78. The van der Waals surface area contributed by atoms with E-state index in [4.69, 9.17) is 4.74 Å². The van der Waals surface area contributed by atoms with Crippen molar-refractivity contribution in [2.45, 2.75) is 44.4 Å². The average Bonchev–Trinajstić information content (AvgIpc) is 2.43. The van der Waals surface area contributed by atoms with Crippen LogP contribution in [0.1, 0.15) is 24.8 Å².